The second-order valence-electron chi connectivity index (χ2n) is 4.05. The van der Waals surface area contributed by atoms with Gasteiger partial charge < -0.3 is 9.67 Å². The Morgan fingerprint density at radius 1 is 1.42 bits per heavy atom. The lowest BCUT2D eigenvalue weighted by molar-refractivity contribution is -0.151. The molecule has 0 fully saturated rings. The van der Waals surface area contributed by atoms with Crippen molar-refractivity contribution in [2.45, 2.75) is 25.6 Å². The molecule has 19 heavy (non-hydrogen) atoms. The Labute approximate surface area is 106 Å². The quantitative estimate of drug-likeness (QED) is 0.934. The molecule has 0 spiro atoms. The maximum absolute atomic E-state index is 13.0. The molecule has 1 N–H and O–H groups in total. The fraction of sp³-hybridized carbons (Fsp3) is 0.333. The first-order valence-corrected chi connectivity index (χ1v) is 5.63. The third-order valence-electron chi connectivity index (χ3n) is 2.83. The minimum atomic E-state index is -4.69. The summed E-state index contributed by atoms with van der Waals surface area (Å²) >= 11 is 0. The zero-order chi connectivity index (χ0) is 14.2. The third kappa shape index (κ3) is 2.27. The molecular weight excluding hydrogens is 261 g/mol. The maximum Gasteiger partial charge on any atom is 0.449 e. The first kappa shape index (κ1) is 13.4. The second kappa shape index (κ2) is 4.56. The highest BCUT2D eigenvalue weighted by Gasteiger charge is 2.40. The van der Waals surface area contributed by atoms with Gasteiger partial charge in [-0.05, 0) is 18.6 Å². The molecule has 0 bridgehead atoms. The van der Waals surface area contributed by atoms with Gasteiger partial charge >= 0.3 is 12.1 Å². The predicted molar refractivity (Wildman–Crippen MR) is 61.7 cm³/mol. The van der Waals surface area contributed by atoms with Crippen molar-refractivity contribution in [3.63, 3.8) is 0 Å². The van der Waals surface area contributed by atoms with Crippen molar-refractivity contribution in [1.82, 2.24) is 9.55 Å². The van der Waals surface area contributed by atoms with Crippen molar-refractivity contribution in [3.05, 3.63) is 30.1 Å². The van der Waals surface area contributed by atoms with E-state index in [1.54, 1.807) is 12.1 Å². The summed E-state index contributed by atoms with van der Waals surface area (Å²) in [4.78, 5) is 14.6. The van der Waals surface area contributed by atoms with Crippen molar-refractivity contribution >= 4 is 17.0 Å². The summed E-state index contributed by atoms with van der Waals surface area (Å²) in [6.45, 7) is 1.52. The molecule has 0 radical (unpaired) electrons. The topological polar surface area (TPSA) is 55.1 Å². The fourth-order valence-electron chi connectivity index (χ4n) is 2.03. The van der Waals surface area contributed by atoms with Gasteiger partial charge in [0.05, 0.1) is 11.0 Å². The number of carboxylic acids is 1. The van der Waals surface area contributed by atoms with Crippen LogP contribution in [0.5, 0.6) is 0 Å². The molecule has 1 heterocycles. The Kier molecular flexibility index (Phi) is 3.21. The number of aliphatic carboxylic acids is 1. The molecule has 1 aromatic heterocycles. The molecule has 7 heteroatoms. The SMILES string of the molecule is CC[C@H](C(=O)O)n1c(C(F)(F)F)nc2ccccc21. The van der Waals surface area contributed by atoms with E-state index < -0.39 is 24.0 Å². The lowest BCUT2D eigenvalue weighted by Crippen LogP contribution is -2.24. The monoisotopic (exact) mass is 272 g/mol. The van der Waals surface area contributed by atoms with E-state index in [0.29, 0.717) is 0 Å². The van der Waals surface area contributed by atoms with E-state index >= 15 is 0 Å². The molecule has 4 nitrogen and oxygen atoms in total. The average molecular weight is 272 g/mol. The molecule has 2 aromatic rings. The number of carboxylic acid groups (broad SMARTS) is 1. The van der Waals surface area contributed by atoms with Gasteiger partial charge in [-0.15, -0.1) is 0 Å². The molecule has 0 aliphatic carbocycles. The predicted octanol–water partition coefficient (Wildman–Crippen LogP) is 3.09. The van der Waals surface area contributed by atoms with Crippen LogP contribution in [0.1, 0.15) is 25.2 Å². The van der Waals surface area contributed by atoms with Gasteiger partial charge in [0, 0.05) is 0 Å². The smallest absolute Gasteiger partial charge is 0.449 e. The molecule has 1 atom stereocenters. The number of para-hydroxylation sites is 2. The minimum absolute atomic E-state index is 0.0404. The molecular formula is C12H11F3N2O2. The normalized spacial score (nSPS) is 13.7. The Morgan fingerprint density at radius 2 is 2.05 bits per heavy atom. The van der Waals surface area contributed by atoms with Crippen LogP contribution in [0.2, 0.25) is 0 Å². The highest BCUT2D eigenvalue weighted by molar-refractivity contribution is 5.80. The number of rotatable bonds is 3. The average Bonchev–Trinajstić information content (AvgIpc) is 2.69. The Bertz CT molecular complexity index is 619. The van der Waals surface area contributed by atoms with Gasteiger partial charge in [-0.1, -0.05) is 19.1 Å². The van der Waals surface area contributed by atoms with E-state index in [4.69, 9.17) is 5.11 Å². The molecule has 2 rings (SSSR count). The molecule has 0 aliphatic heterocycles. The van der Waals surface area contributed by atoms with E-state index in [2.05, 4.69) is 4.98 Å². The molecule has 0 saturated carbocycles. The standard InChI is InChI=1S/C12H11F3N2O2/c1-2-8(10(18)19)17-9-6-4-3-5-7(9)16-11(17)12(13,14)15/h3-6,8H,2H2,1H3,(H,18,19)/t8-/m1/s1. The van der Waals surface area contributed by atoms with Gasteiger partial charge in [0.15, 0.2) is 0 Å². The van der Waals surface area contributed by atoms with Crippen LogP contribution in [-0.4, -0.2) is 20.6 Å². The lowest BCUT2D eigenvalue weighted by Gasteiger charge is -2.17. The number of hydrogen-bond donors (Lipinski definition) is 1. The number of fused-ring (bicyclic) bond motifs is 1. The van der Waals surface area contributed by atoms with Crippen LogP contribution in [-0.2, 0) is 11.0 Å². The number of hydrogen-bond acceptors (Lipinski definition) is 2. The summed E-state index contributed by atoms with van der Waals surface area (Å²) in [5.41, 5.74) is 0.304. The van der Waals surface area contributed by atoms with E-state index in [-0.39, 0.29) is 17.5 Å². The molecule has 0 amide bonds. The number of carbonyl (C=O) groups is 1. The van der Waals surface area contributed by atoms with Crippen molar-refractivity contribution in [2.24, 2.45) is 0 Å². The van der Waals surface area contributed by atoms with E-state index in [9.17, 15) is 18.0 Å². The Hall–Kier alpha value is -2.05. The second-order valence-corrected chi connectivity index (χ2v) is 4.05. The highest BCUT2D eigenvalue weighted by Crippen LogP contribution is 2.34. The minimum Gasteiger partial charge on any atom is -0.480 e. The summed E-state index contributed by atoms with van der Waals surface area (Å²) in [5.74, 6) is -2.49. The van der Waals surface area contributed by atoms with Crippen LogP contribution >= 0.6 is 0 Å². The zero-order valence-electron chi connectivity index (χ0n) is 9.98. The fourth-order valence-corrected chi connectivity index (χ4v) is 2.03. The first-order valence-electron chi connectivity index (χ1n) is 5.63. The van der Waals surface area contributed by atoms with E-state index in [1.165, 1.54) is 19.1 Å². The van der Waals surface area contributed by atoms with Gasteiger partial charge in [-0.3, -0.25) is 0 Å². The van der Waals surface area contributed by atoms with E-state index in [0.717, 1.165) is 4.57 Å². The maximum atomic E-state index is 13.0. The summed E-state index contributed by atoms with van der Waals surface area (Å²) in [7, 11) is 0. The summed E-state index contributed by atoms with van der Waals surface area (Å²) < 4.78 is 39.7. The Balaban J connectivity index is 2.78. The number of imidazole rings is 1. The van der Waals surface area contributed by atoms with Crippen LogP contribution in [0.15, 0.2) is 24.3 Å². The number of benzene rings is 1. The molecule has 1 aromatic carbocycles. The number of aromatic nitrogens is 2. The Morgan fingerprint density at radius 3 is 2.58 bits per heavy atom. The van der Waals surface area contributed by atoms with Gasteiger partial charge in [0.25, 0.3) is 0 Å². The van der Waals surface area contributed by atoms with Gasteiger partial charge in [-0.25, -0.2) is 9.78 Å². The number of alkyl halides is 3. The third-order valence-corrected chi connectivity index (χ3v) is 2.83. The first-order chi connectivity index (χ1) is 8.86. The highest BCUT2D eigenvalue weighted by atomic mass is 19.4. The van der Waals surface area contributed by atoms with Crippen LogP contribution < -0.4 is 0 Å². The summed E-state index contributed by atoms with van der Waals surface area (Å²) in [6.07, 6.45) is -4.65. The van der Waals surface area contributed by atoms with Crippen molar-refractivity contribution < 1.29 is 23.1 Å². The van der Waals surface area contributed by atoms with Gasteiger partial charge in [0.2, 0.25) is 5.82 Å². The van der Waals surface area contributed by atoms with Crippen LogP contribution in [0.3, 0.4) is 0 Å². The number of halogens is 3. The zero-order valence-corrected chi connectivity index (χ0v) is 9.98. The van der Waals surface area contributed by atoms with Crippen molar-refractivity contribution in [1.29, 1.82) is 0 Å². The number of nitrogens with zero attached hydrogens (tertiary/aromatic N) is 2. The molecule has 0 aliphatic rings. The molecule has 0 unspecified atom stereocenters. The van der Waals surface area contributed by atoms with Crippen molar-refractivity contribution in [3.8, 4) is 0 Å². The lowest BCUT2D eigenvalue weighted by atomic mass is 10.2. The largest absolute Gasteiger partial charge is 0.480 e. The summed E-state index contributed by atoms with van der Waals surface area (Å²) in [5, 5.41) is 9.08. The summed E-state index contributed by atoms with van der Waals surface area (Å²) in [6, 6.07) is 4.68. The van der Waals surface area contributed by atoms with Crippen LogP contribution in [0.25, 0.3) is 11.0 Å². The van der Waals surface area contributed by atoms with Gasteiger partial charge in [0.1, 0.15) is 6.04 Å². The van der Waals surface area contributed by atoms with Crippen molar-refractivity contribution in [2.75, 3.05) is 0 Å². The van der Waals surface area contributed by atoms with Gasteiger partial charge in [-0.2, -0.15) is 13.2 Å². The van der Waals surface area contributed by atoms with E-state index in [1.807, 2.05) is 0 Å². The van der Waals surface area contributed by atoms with Crippen LogP contribution in [0.4, 0.5) is 13.2 Å². The molecule has 0 saturated heterocycles. The van der Waals surface area contributed by atoms with Crippen LogP contribution in [0, 0.1) is 0 Å². The molecule has 102 valence electrons.